The maximum absolute atomic E-state index is 13.2. The second kappa shape index (κ2) is 5.65. The molecule has 2 heteroatoms. The van der Waals surface area contributed by atoms with Crippen molar-refractivity contribution in [2.24, 2.45) is 23.2 Å². The Bertz CT molecular complexity index is 553. The molecule has 4 fully saturated rings. The molecule has 0 radical (unpaired) electrons. The molecule has 4 bridgehead atoms. The molecule has 5 rings (SSSR count). The summed E-state index contributed by atoms with van der Waals surface area (Å²) in [7, 11) is 0. The van der Waals surface area contributed by atoms with Crippen LogP contribution in [0.5, 0.6) is 0 Å². The van der Waals surface area contributed by atoms with Gasteiger partial charge in [-0.15, -0.1) is 0 Å². The highest BCUT2D eigenvalue weighted by Gasteiger charge is 2.54. The van der Waals surface area contributed by atoms with E-state index < -0.39 is 0 Å². The number of benzene rings is 1. The minimum atomic E-state index is -0.0349. The first-order valence-electron chi connectivity index (χ1n) is 9.45. The fraction of sp³-hybridized carbons (Fsp3) is 0.667. The number of rotatable bonds is 4. The van der Waals surface area contributed by atoms with E-state index in [1.54, 1.807) is 0 Å². The van der Waals surface area contributed by atoms with Crippen molar-refractivity contribution in [3.8, 4) is 0 Å². The normalized spacial score (nSPS) is 36.0. The van der Waals surface area contributed by atoms with Gasteiger partial charge in [-0.1, -0.05) is 36.8 Å². The van der Waals surface area contributed by atoms with Crippen molar-refractivity contribution in [1.29, 1.82) is 0 Å². The van der Waals surface area contributed by atoms with Crippen LogP contribution >= 0.6 is 0 Å². The van der Waals surface area contributed by atoms with E-state index in [0.29, 0.717) is 5.91 Å². The molecule has 0 spiro atoms. The lowest BCUT2D eigenvalue weighted by Crippen LogP contribution is -2.54. The average molecular weight is 311 g/mol. The lowest BCUT2D eigenvalue weighted by atomic mass is 9.49. The number of nitrogens with one attached hydrogen (secondary N) is 1. The molecule has 1 amide bonds. The van der Waals surface area contributed by atoms with Gasteiger partial charge in [-0.3, -0.25) is 4.79 Å². The first-order valence-corrected chi connectivity index (χ1v) is 9.45. The third-order valence-corrected chi connectivity index (χ3v) is 6.71. The van der Waals surface area contributed by atoms with E-state index in [-0.39, 0.29) is 11.5 Å². The molecule has 2 nitrogen and oxygen atoms in total. The Morgan fingerprint density at radius 3 is 2.09 bits per heavy atom. The molecule has 0 heterocycles. The van der Waals surface area contributed by atoms with E-state index >= 15 is 0 Å². The van der Waals surface area contributed by atoms with Gasteiger partial charge in [0.15, 0.2) is 0 Å². The zero-order chi connectivity index (χ0) is 16.0. The Kier molecular flexibility index (Phi) is 3.74. The minimum absolute atomic E-state index is 0.0349. The number of hydrogen-bond donors (Lipinski definition) is 1. The van der Waals surface area contributed by atoms with Gasteiger partial charge in [-0.05, 0) is 75.2 Å². The summed E-state index contributed by atoms with van der Waals surface area (Å²) < 4.78 is 0. The SMILES string of the molecule is CCC(NC(=O)C12CC3CC(CC(C3)C1)C2)c1ccc(C)cc1. The zero-order valence-electron chi connectivity index (χ0n) is 14.5. The smallest absolute Gasteiger partial charge is 0.226 e. The van der Waals surface area contributed by atoms with Crippen LogP contribution < -0.4 is 5.32 Å². The summed E-state index contributed by atoms with van der Waals surface area (Å²) in [4.78, 5) is 13.2. The molecule has 0 aliphatic heterocycles. The van der Waals surface area contributed by atoms with Crippen LogP contribution in [0.25, 0.3) is 0 Å². The van der Waals surface area contributed by atoms with Crippen molar-refractivity contribution in [2.45, 2.75) is 64.8 Å². The van der Waals surface area contributed by atoms with Gasteiger partial charge < -0.3 is 5.32 Å². The Balaban J connectivity index is 1.51. The molecule has 1 atom stereocenters. The molecular weight excluding hydrogens is 282 g/mol. The van der Waals surface area contributed by atoms with Crippen LogP contribution in [0.4, 0.5) is 0 Å². The van der Waals surface area contributed by atoms with Gasteiger partial charge in [-0.2, -0.15) is 0 Å². The lowest BCUT2D eigenvalue weighted by molar-refractivity contribution is -0.147. The highest BCUT2D eigenvalue weighted by Crippen LogP contribution is 2.60. The molecule has 1 aromatic carbocycles. The summed E-state index contributed by atoms with van der Waals surface area (Å²) in [6.45, 7) is 4.28. The molecule has 4 aliphatic rings. The highest BCUT2D eigenvalue weighted by atomic mass is 16.2. The van der Waals surface area contributed by atoms with Gasteiger partial charge in [0.1, 0.15) is 0 Å². The second-order valence-corrected chi connectivity index (χ2v) is 8.54. The monoisotopic (exact) mass is 311 g/mol. The molecular formula is C21H29NO. The van der Waals surface area contributed by atoms with Gasteiger partial charge >= 0.3 is 0 Å². The van der Waals surface area contributed by atoms with Crippen molar-refractivity contribution in [1.82, 2.24) is 5.32 Å². The molecule has 0 saturated heterocycles. The summed E-state index contributed by atoms with van der Waals surface area (Å²) in [6.07, 6.45) is 8.58. The maximum Gasteiger partial charge on any atom is 0.226 e. The minimum Gasteiger partial charge on any atom is -0.349 e. The van der Waals surface area contributed by atoms with Crippen molar-refractivity contribution < 1.29 is 4.79 Å². The van der Waals surface area contributed by atoms with Crippen molar-refractivity contribution >= 4 is 5.91 Å². The van der Waals surface area contributed by atoms with E-state index in [2.05, 4.69) is 43.4 Å². The average Bonchev–Trinajstić information content (AvgIpc) is 2.52. The summed E-state index contributed by atoms with van der Waals surface area (Å²) >= 11 is 0. The van der Waals surface area contributed by atoms with Crippen LogP contribution in [0, 0.1) is 30.1 Å². The third kappa shape index (κ3) is 2.70. The molecule has 1 unspecified atom stereocenters. The van der Waals surface area contributed by atoms with Gasteiger partial charge in [0, 0.05) is 5.41 Å². The van der Waals surface area contributed by atoms with Crippen LogP contribution in [0.3, 0.4) is 0 Å². The maximum atomic E-state index is 13.2. The first kappa shape index (κ1) is 15.2. The van der Waals surface area contributed by atoms with Gasteiger partial charge in [0.25, 0.3) is 0 Å². The number of amides is 1. The molecule has 0 aromatic heterocycles. The lowest BCUT2D eigenvalue weighted by Gasteiger charge is -2.55. The zero-order valence-corrected chi connectivity index (χ0v) is 14.5. The highest BCUT2D eigenvalue weighted by molar-refractivity contribution is 5.83. The molecule has 23 heavy (non-hydrogen) atoms. The van der Waals surface area contributed by atoms with Gasteiger partial charge in [0.05, 0.1) is 6.04 Å². The summed E-state index contributed by atoms with van der Waals surface area (Å²) in [5.74, 6) is 2.83. The largest absolute Gasteiger partial charge is 0.349 e. The fourth-order valence-electron chi connectivity index (χ4n) is 5.92. The van der Waals surface area contributed by atoms with Crippen LogP contribution in [-0.4, -0.2) is 5.91 Å². The standard InChI is InChI=1S/C21H29NO/c1-3-19(18-6-4-14(2)5-7-18)22-20(23)21-11-15-8-16(12-21)10-17(9-15)13-21/h4-7,15-17,19H,3,8-13H2,1-2H3,(H,22,23). The van der Waals surface area contributed by atoms with Crippen LogP contribution in [-0.2, 0) is 4.79 Å². The Morgan fingerprint density at radius 1 is 1.09 bits per heavy atom. The van der Waals surface area contributed by atoms with Crippen LogP contribution in [0.15, 0.2) is 24.3 Å². The number of hydrogen-bond acceptors (Lipinski definition) is 1. The molecule has 4 saturated carbocycles. The molecule has 1 N–H and O–H groups in total. The van der Waals surface area contributed by atoms with E-state index in [9.17, 15) is 4.79 Å². The van der Waals surface area contributed by atoms with E-state index in [1.807, 2.05) is 0 Å². The topological polar surface area (TPSA) is 29.1 Å². The van der Waals surface area contributed by atoms with Crippen molar-refractivity contribution in [3.63, 3.8) is 0 Å². The van der Waals surface area contributed by atoms with Crippen LogP contribution in [0.1, 0.15) is 69.0 Å². The fourth-order valence-corrected chi connectivity index (χ4v) is 5.92. The quantitative estimate of drug-likeness (QED) is 0.852. The third-order valence-electron chi connectivity index (χ3n) is 6.71. The molecule has 1 aromatic rings. The predicted molar refractivity (Wildman–Crippen MR) is 93.0 cm³/mol. The van der Waals surface area contributed by atoms with E-state index in [4.69, 9.17) is 0 Å². The second-order valence-electron chi connectivity index (χ2n) is 8.54. The summed E-state index contributed by atoms with van der Waals surface area (Å²) in [5, 5.41) is 3.42. The van der Waals surface area contributed by atoms with E-state index in [0.717, 1.165) is 43.4 Å². The Hall–Kier alpha value is -1.31. The number of carbonyl (C=O) groups is 1. The van der Waals surface area contributed by atoms with Crippen molar-refractivity contribution in [3.05, 3.63) is 35.4 Å². The molecule has 124 valence electrons. The number of carbonyl (C=O) groups excluding carboxylic acids is 1. The Labute approximate surface area is 140 Å². The van der Waals surface area contributed by atoms with Crippen LogP contribution in [0.2, 0.25) is 0 Å². The molecule has 4 aliphatic carbocycles. The van der Waals surface area contributed by atoms with Gasteiger partial charge in [-0.25, -0.2) is 0 Å². The Morgan fingerprint density at radius 2 is 1.61 bits per heavy atom. The predicted octanol–water partition coefficient (Wildman–Crippen LogP) is 4.78. The summed E-state index contributed by atoms with van der Waals surface area (Å²) in [6, 6.07) is 8.80. The van der Waals surface area contributed by atoms with Crippen molar-refractivity contribution in [2.75, 3.05) is 0 Å². The van der Waals surface area contributed by atoms with E-state index in [1.165, 1.54) is 30.4 Å². The summed E-state index contributed by atoms with van der Waals surface area (Å²) in [5.41, 5.74) is 2.49. The number of aryl methyl sites for hydroxylation is 1. The first-order chi connectivity index (χ1) is 11.1. The van der Waals surface area contributed by atoms with Gasteiger partial charge in [0.2, 0.25) is 5.91 Å².